The van der Waals surface area contributed by atoms with Crippen LogP contribution in [0.15, 0.2) is 41.8 Å². The molecule has 7 heteroatoms. The fraction of sp³-hybridized carbons (Fsp3) is 0.182. The van der Waals surface area contributed by atoms with Crippen LogP contribution in [0.25, 0.3) is 0 Å². The summed E-state index contributed by atoms with van der Waals surface area (Å²) in [5.41, 5.74) is 5.39. The van der Waals surface area contributed by atoms with E-state index in [-0.39, 0.29) is 11.4 Å². The van der Waals surface area contributed by atoms with E-state index >= 15 is 0 Å². The summed E-state index contributed by atoms with van der Waals surface area (Å²) in [7, 11) is -2.06. The van der Waals surface area contributed by atoms with Gasteiger partial charge >= 0.3 is 6.03 Å². The van der Waals surface area contributed by atoms with E-state index in [9.17, 15) is 13.2 Å². The van der Waals surface area contributed by atoms with Crippen molar-refractivity contribution in [2.45, 2.75) is 4.90 Å². The summed E-state index contributed by atoms with van der Waals surface area (Å²) >= 11 is 0. The molecule has 0 aliphatic rings. The highest BCUT2D eigenvalue weighted by atomic mass is 32.2. The van der Waals surface area contributed by atoms with E-state index in [4.69, 9.17) is 5.73 Å². The Kier molecular flexibility index (Phi) is 4.46. The van der Waals surface area contributed by atoms with Crippen molar-refractivity contribution >= 4 is 21.7 Å². The van der Waals surface area contributed by atoms with Crippen LogP contribution in [0.2, 0.25) is 0 Å². The van der Waals surface area contributed by atoms with Crippen LogP contribution < -0.4 is 11.1 Å². The van der Waals surface area contributed by atoms with E-state index in [0.717, 1.165) is 0 Å². The van der Waals surface area contributed by atoms with E-state index in [1.165, 1.54) is 41.7 Å². The number of nitrogens with one attached hydrogen (secondary N) is 1. The maximum Gasteiger partial charge on any atom is 0.316 e. The average Bonchev–Trinajstić information content (AvgIpc) is 2.29. The number of carbonyl (C=O) groups is 1. The molecule has 0 saturated carbocycles. The Morgan fingerprint density at radius 2 is 2.00 bits per heavy atom. The predicted octanol–water partition coefficient (Wildman–Crippen LogP) is 0.984. The second kappa shape index (κ2) is 5.65. The summed E-state index contributed by atoms with van der Waals surface area (Å²) in [5, 5.41) is 2.35. The normalized spacial score (nSPS) is 11.2. The Balaban J connectivity index is 2.97. The molecular formula is C11H15N3O3S. The molecule has 1 rings (SSSR count). The van der Waals surface area contributed by atoms with Crippen molar-refractivity contribution in [2.24, 2.45) is 5.73 Å². The molecule has 18 heavy (non-hydrogen) atoms. The van der Waals surface area contributed by atoms with Crippen LogP contribution >= 0.6 is 0 Å². The van der Waals surface area contributed by atoms with Gasteiger partial charge in [-0.05, 0) is 24.3 Å². The first kappa shape index (κ1) is 14.2. The van der Waals surface area contributed by atoms with E-state index in [1.807, 2.05) is 0 Å². The quantitative estimate of drug-likeness (QED) is 0.780. The lowest BCUT2D eigenvalue weighted by Gasteiger charge is -2.15. The van der Waals surface area contributed by atoms with Crippen LogP contribution in [0.1, 0.15) is 0 Å². The molecule has 98 valence electrons. The van der Waals surface area contributed by atoms with Crippen LogP contribution in [0.3, 0.4) is 0 Å². The lowest BCUT2D eigenvalue weighted by molar-refractivity contribution is 0.259. The standard InChI is InChI=1S/C11H15N3O3S/c1-3-8-14(2)18(16,17)10-6-4-9(5-7-10)13-11(12)15/h3-7H,1,8H2,2H3,(H3,12,13,15). The minimum Gasteiger partial charge on any atom is -0.351 e. The Morgan fingerprint density at radius 3 is 2.44 bits per heavy atom. The van der Waals surface area contributed by atoms with Crippen molar-refractivity contribution < 1.29 is 13.2 Å². The zero-order chi connectivity index (χ0) is 13.8. The molecule has 6 nitrogen and oxygen atoms in total. The molecule has 0 aromatic heterocycles. The number of carbonyl (C=O) groups excluding carboxylic acids is 1. The van der Waals surface area contributed by atoms with Crippen molar-refractivity contribution in [3.63, 3.8) is 0 Å². The number of hydrogen-bond donors (Lipinski definition) is 2. The Morgan fingerprint density at radius 1 is 1.44 bits per heavy atom. The van der Waals surface area contributed by atoms with Gasteiger partial charge in [-0.3, -0.25) is 0 Å². The maximum absolute atomic E-state index is 12.0. The van der Waals surface area contributed by atoms with Crippen molar-refractivity contribution in [1.82, 2.24) is 4.31 Å². The van der Waals surface area contributed by atoms with Gasteiger partial charge in [-0.1, -0.05) is 6.08 Å². The van der Waals surface area contributed by atoms with Crippen LogP contribution in [0.4, 0.5) is 10.5 Å². The van der Waals surface area contributed by atoms with Crippen LogP contribution in [-0.2, 0) is 10.0 Å². The molecule has 0 aliphatic carbocycles. The van der Waals surface area contributed by atoms with Gasteiger partial charge in [0.1, 0.15) is 0 Å². The molecule has 0 unspecified atom stereocenters. The second-order valence-corrected chi connectivity index (χ2v) is 5.63. The van der Waals surface area contributed by atoms with Crippen LogP contribution in [0.5, 0.6) is 0 Å². The predicted molar refractivity (Wildman–Crippen MR) is 69.7 cm³/mol. The van der Waals surface area contributed by atoms with Gasteiger partial charge in [-0.2, -0.15) is 4.31 Å². The van der Waals surface area contributed by atoms with E-state index in [1.54, 1.807) is 0 Å². The summed E-state index contributed by atoms with van der Waals surface area (Å²) in [4.78, 5) is 10.8. The molecule has 3 N–H and O–H groups in total. The molecule has 1 aromatic carbocycles. The molecule has 0 aliphatic heterocycles. The fourth-order valence-electron chi connectivity index (χ4n) is 1.31. The number of anilines is 1. The van der Waals surface area contributed by atoms with E-state index < -0.39 is 16.1 Å². The third kappa shape index (κ3) is 3.31. The first-order valence-corrected chi connectivity index (χ1v) is 6.55. The number of rotatable bonds is 5. The number of sulfonamides is 1. The number of nitrogens with zero attached hydrogens (tertiary/aromatic N) is 1. The zero-order valence-corrected chi connectivity index (χ0v) is 10.8. The molecule has 0 heterocycles. The highest BCUT2D eigenvalue weighted by Crippen LogP contribution is 2.17. The number of primary amides is 1. The van der Waals surface area contributed by atoms with Crippen molar-refractivity contribution in [1.29, 1.82) is 0 Å². The van der Waals surface area contributed by atoms with Gasteiger partial charge in [-0.25, -0.2) is 13.2 Å². The largest absolute Gasteiger partial charge is 0.351 e. The van der Waals surface area contributed by atoms with Gasteiger partial charge < -0.3 is 11.1 Å². The molecule has 0 saturated heterocycles. The van der Waals surface area contributed by atoms with Gasteiger partial charge in [0, 0.05) is 19.3 Å². The number of nitrogens with two attached hydrogens (primary N) is 1. The number of urea groups is 1. The molecule has 1 aromatic rings. The first-order valence-electron chi connectivity index (χ1n) is 5.11. The average molecular weight is 269 g/mol. The number of hydrogen-bond acceptors (Lipinski definition) is 3. The summed E-state index contributed by atoms with van der Waals surface area (Å²) < 4.78 is 25.2. The molecule has 0 radical (unpaired) electrons. The monoisotopic (exact) mass is 269 g/mol. The lowest BCUT2D eigenvalue weighted by Crippen LogP contribution is -2.27. The van der Waals surface area contributed by atoms with E-state index in [2.05, 4.69) is 11.9 Å². The minimum atomic E-state index is -3.53. The highest BCUT2D eigenvalue weighted by Gasteiger charge is 2.19. The van der Waals surface area contributed by atoms with Gasteiger partial charge in [0.25, 0.3) is 0 Å². The zero-order valence-electron chi connectivity index (χ0n) is 9.96. The number of amides is 2. The fourth-order valence-corrected chi connectivity index (χ4v) is 2.45. The highest BCUT2D eigenvalue weighted by molar-refractivity contribution is 7.89. The SMILES string of the molecule is C=CCN(C)S(=O)(=O)c1ccc(NC(N)=O)cc1. The van der Waals surface area contributed by atoms with Gasteiger partial charge in [-0.15, -0.1) is 6.58 Å². The third-order valence-electron chi connectivity index (χ3n) is 2.22. The summed E-state index contributed by atoms with van der Waals surface area (Å²) in [6, 6.07) is 5.05. The molecule has 2 amide bonds. The second-order valence-electron chi connectivity index (χ2n) is 3.59. The Hall–Kier alpha value is -1.86. The van der Waals surface area contributed by atoms with Gasteiger partial charge in [0.2, 0.25) is 10.0 Å². The number of benzene rings is 1. The minimum absolute atomic E-state index is 0.141. The summed E-state index contributed by atoms with van der Waals surface area (Å²) in [6.45, 7) is 3.71. The van der Waals surface area contributed by atoms with E-state index in [0.29, 0.717) is 5.69 Å². The molecule has 0 bridgehead atoms. The third-order valence-corrected chi connectivity index (χ3v) is 4.05. The first-order chi connectivity index (χ1) is 8.37. The Bertz CT molecular complexity index is 537. The molecule has 0 atom stereocenters. The smallest absolute Gasteiger partial charge is 0.316 e. The van der Waals surface area contributed by atoms with Crippen molar-refractivity contribution in [3.8, 4) is 0 Å². The van der Waals surface area contributed by atoms with Crippen LogP contribution in [-0.4, -0.2) is 32.3 Å². The summed E-state index contributed by atoms with van der Waals surface area (Å²) in [5.74, 6) is 0. The van der Waals surface area contributed by atoms with Gasteiger partial charge in [0.15, 0.2) is 0 Å². The Labute approximate surface area is 106 Å². The van der Waals surface area contributed by atoms with Crippen molar-refractivity contribution in [2.75, 3.05) is 18.9 Å². The van der Waals surface area contributed by atoms with Crippen molar-refractivity contribution in [3.05, 3.63) is 36.9 Å². The lowest BCUT2D eigenvalue weighted by atomic mass is 10.3. The van der Waals surface area contributed by atoms with Gasteiger partial charge in [0.05, 0.1) is 4.90 Å². The topological polar surface area (TPSA) is 92.5 Å². The number of likely N-dealkylation sites (N-methyl/N-ethyl adjacent to an activating group) is 1. The molecule has 0 spiro atoms. The van der Waals surface area contributed by atoms with Crippen LogP contribution in [0, 0.1) is 0 Å². The molecular weight excluding hydrogens is 254 g/mol. The molecule has 0 fully saturated rings. The summed E-state index contributed by atoms with van der Waals surface area (Å²) in [6.07, 6.45) is 1.50. The maximum atomic E-state index is 12.0.